The molecule has 0 fully saturated rings. The van der Waals surface area contributed by atoms with E-state index in [4.69, 9.17) is 9.47 Å². The Labute approximate surface area is 111 Å². The summed E-state index contributed by atoms with van der Waals surface area (Å²) >= 11 is 0. The highest BCUT2D eigenvalue weighted by molar-refractivity contribution is 5.89. The first-order chi connectivity index (χ1) is 9.19. The van der Waals surface area contributed by atoms with Gasteiger partial charge < -0.3 is 14.5 Å². The number of hydrogen-bond acceptors (Lipinski definition) is 4. The fraction of sp³-hybridized carbons (Fsp3) is 0.286. The molecule has 2 rings (SSSR count). The van der Waals surface area contributed by atoms with E-state index in [-0.39, 0.29) is 0 Å². The second-order valence-electron chi connectivity index (χ2n) is 3.99. The summed E-state index contributed by atoms with van der Waals surface area (Å²) in [6.45, 7) is 1.96. The molecule has 0 aliphatic rings. The molecule has 1 N–H and O–H groups in total. The van der Waals surface area contributed by atoms with Crippen molar-refractivity contribution in [2.24, 2.45) is 0 Å². The number of esters is 1. The second kappa shape index (κ2) is 5.56. The highest BCUT2D eigenvalue weighted by atomic mass is 16.5. The lowest BCUT2D eigenvalue weighted by Gasteiger charge is -2.00. The van der Waals surface area contributed by atoms with E-state index in [2.05, 4.69) is 9.97 Å². The van der Waals surface area contributed by atoms with Crippen molar-refractivity contribution in [2.75, 3.05) is 14.2 Å². The van der Waals surface area contributed by atoms with E-state index in [1.54, 1.807) is 7.11 Å². The van der Waals surface area contributed by atoms with Crippen molar-refractivity contribution in [3.05, 3.63) is 35.7 Å². The summed E-state index contributed by atoms with van der Waals surface area (Å²) < 4.78 is 9.83. The van der Waals surface area contributed by atoms with Crippen LogP contribution in [-0.4, -0.2) is 30.2 Å². The van der Waals surface area contributed by atoms with Gasteiger partial charge in [0.1, 0.15) is 11.6 Å². The number of benzene rings is 1. The molecule has 1 aromatic heterocycles. The average Bonchev–Trinajstić information content (AvgIpc) is 2.90. The van der Waals surface area contributed by atoms with Gasteiger partial charge >= 0.3 is 5.97 Å². The minimum atomic E-state index is -0.423. The Bertz CT molecular complexity index is 573. The van der Waals surface area contributed by atoms with Gasteiger partial charge in [0, 0.05) is 11.3 Å². The summed E-state index contributed by atoms with van der Waals surface area (Å²) in [5.41, 5.74) is 2.01. The van der Waals surface area contributed by atoms with E-state index in [1.165, 1.54) is 7.11 Å². The number of ether oxygens (including phenoxy) is 2. The van der Waals surface area contributed by atoms with E-state index >= 15 is 0 Å². The van der Waals surface area contributed by atoms with Crippen molar-refractivity contribution in [3.8, 4) is 17.1 Å². The van der Waals surface area contributed by atoms with Gasteiger partial charge in [0.05, 0.1) is 14.2 Å². The largest absolute Gasteiger partial charge is 0.497 e. The molecule has 0 radical (unpaired) electrons. The van der Waals surface area contributed by atoms with Crippen molar-refractivity contribution in [1.29, 1.82) is 0 Å². The molecule has 0 saturated heterocycles. The lowest BCUT2D eigenvalue weighted by molar-refractivity contribution is 0.0593. The third-order valence-electron chi connectivity index (χ3n) is 2.87. The molecule has 0 unspecified atom stereocenters. The zero-order chi connectivity index (χ0) is 13.8. The molecule has 0 aliphatic carbocycles. The van der Waals surface area contributed by atoms with E-state index in [0.717, 1.165) is 17.0 Å². The molecule has 0 spiro atoms. The van der Waals surface area contributed by atoms with Gasteiger partial charge in [-0.25, -0.2) is 9.78 Å². The fourth-order valence-electron chi connectivity index (χ4n) is 1.82. The number of nitrogens with zero attached hydrogens (tertiary/aromatic N) is 1. The number of hydrogen-bond donors (Lipinski definition) is 1. The molecule has 100 valence electrons. The van der Waals surface area contributed by atoms with Crippen LogP contribution in [0.25, 0.3) is 11.4 Å². The van der Waals surface area contributed by atoms with Crippen molar-refractivity contribution >= 4 is 5.97 Å². The van der Waals surface area contributed by atoms with E-state index in [0.29, 0.717) is 17.9 Å². The molecule has 5 heteroatoms. The van der Waals surface area contributed by atoms with Crippen LogP contribution in [-0.2, 0) is 11.2 Å². The quantitative estimate of drug-likeness (QED) is 0.857. The SMILES string of the molecule is CCc1[nH]c(-c2ccc(OC)cc2)nc1C(=O)OC. The van der Waals surface area contributed by atoms with Gasteiger partial charge in [-0.3, -0.25) is 0 Å². The summed E-state index contributed by atoms with van der Waals surface area (Å²) in [6, 6.07) is 7.47. The summed E-state index contributed by atoms with van der Waals surface area (Å²) in [6.07, 6.45) is 0.688. The highest BCUT2D eigenvalue weighted by Gasteiger charge is 2.17. The van der Waals surface area contributed by atoms with Gasteiger partial charge in [0.2, 0.25) is 0 Å². The van der Waals surface area contributed by atoms with Gasteiger partial charge in [-0.15, -0.1) is 0 Å². The topological polar surface area (TPSA) is 64.2 Å². The number of methoxy groups -OCH3 is 2. The van der Waals surface area contributed by atoms with Crippen LogP contribution in [0, 0.1) is 0 Å². The molecular formula is C14H16N2O3. The van der Waals surface area contributed by atoms with Gasteiger partial charge in [-0.1, -0.05) is 6.92 Å². The van der Waals surface area contributed by atoms with Crippen LogP contribution in [0.4, 0.5) is 0 Å². The predicted molar refractivity (Wildman–Crippen MR) is 71.3 cm³/mol. The molecule has 2 aromatic rings. The maximum absolute atomic E-state index is 11.6. The van der Waals surface area contributed by atoms with E-state index < -0.39 is 5.97 Å². The minimum Gasteiger partial charge on any atom is -0.497 e. The van der Waals surface area contributed by atoms with Crippen molar-refractivity contribution in [2.45, 2.75) is 13.3 Å². The lowest BCUT2D eigenvalue weighted by atomic mass is 10.2. The number of aromatic amines is 1. The number of imidazole rings is 1. The molecule has 1 heterocycles. The molecule has 1 aromatic carbocycles. The van der Waals surface area contributed by atoms with Crippen LogP contribution in [0.3, 0.4) is 0 Å². The van der Waals surface area contributed by atoms with E-state index in [9.17, 15) is 4.79 Å². The van der Waals surface area contributed by atoms with Crippen molar-refractivity contribution in [3.63, 3.8) is 0 Å². The predicted octanol–water partition coefficient (Wildman–Crippen LogP) is 2.43. The minimum absolute atomic E-state index is 0.343. The van der Waals surface area contributed by atoms with Crippen LogP contribution in [0.15, 0.2) is 24.3 Å². The number of H-pyrrole nitrogens is 1. The summed E-state index contributed by atoms with van der Waals surface area (Å²) in [5, 5.41) is 0. The Kier molecular flexibility index (Phi) is 3.85. The molecule has 5 nitrogen and oxygen atoms in total. The van der Waals surface area contributed by atoms with Gasteiger partial charge in [0.15, 0.2) is 5.69 Å². The van der Waals surface area contributed by atoms with Crippen LogP contribution in [0.2, 0.25) is 0 Å². The number of rotatable bonds is 4. The van der Waals surface area contributed by atoms with Gasteiger partial charge in [-0.2, -0.15) is 0 Å². The first kappa shape index (κ1) is 13.1. The molecule has 0 saturated carbocycles. The monoisotopic (exact) mass is 260 g/mol. The van der Waals surface area contributed by atoms with Crippen molar-refractivity contribution < 1.29 is 14.3 Å². The van der Waals surface area contributed by atoms with Gasteiger partial charge in [-0.05, 0) is 30.7 Å². The molecular weight excluding hydrogens is 244 g/mol. The first-order valence-electron chi connectivity index (χ1n) is 6.01. The van der Waals surface area contributed by atoms with Crippen LogP contribution in [0.1, 0.15) is 23.1 Å². The third kappa shape index (κ3) is 2.59. The molecule has 19 heavy (non-hydrogen) atoms. The average molecular weight is 260 g/mol. The summed E-state index contributed by atoms with van der Waals surface area (Å²) in [7, 11) is 2.97. The Morgan fingerprint density at radius 2 is 1.95 bits per heavy atom. The lowest BCUT2D eigenvalue weighted by Crippen LogP contribution is -2.04. The summed E-state index contributed by atoms with van der Waals surface area (Å²) in [4.78, 5) is 19.1. The first-order valence-corrected chi connectivity index (χ1v) is 6.01. The second-order valence-corrected chi connectivity index (χ2v) is 3.99. The number of aryl methyl sites for hydroxylation is 1. The third-order valence-corrected chi connectivity index (χ3v) is 2.87. The number of nitrogens with one attached hydrogen (secondary N) is 1. The molecule has 0 atom stereocenters. The number of carbonyl (C=O) groups is 1. The molecule has 0 aliphatic heterocycles. The smallest absolute Gasteiger partial charge is 0.358 e. The Morgan fingerprint density at radius 1 is 1.26 bits per heavy atom. The Morgan fingerprint density at radius 3 is 2.47 bits per heavy atom. The maximum Gasteiger partial charge on any atom is 0.358 e. The zero-order valence-corrected chi connectivity index (χ0v) is 11.2. The highest BCUT2D eigenvalue weighted by Crippen LogP contribution is 2.22. The maximum atomic E-state index is 11.6. The molecule has 0 bridgehead atoms. The Hall–Kier alpha value is -2.30. The van der Waals surface area contributed by atoms with Crippen molar-refractivity contribution in [1.82, 2.24) is 9.97 Å². The zero-order valence-electron chi connectivity index (χ0n) is 11.2. The van der Waals surface area contributed by atoms with E-state index in [1.807, 2.05) is 31.2 Å². The fourth-order valence-corrected chi connectivity index (χ4v) is 1.82. The summed E-state index contributed by atoms with van der Waals surface area (Å²) in [5.74, 6) is 1.01. The number of carbonyl (C=O) groups excluding carboxylic acids is 1. The Balaban J connectivity index is 2.39. The number of aromatic nitrogens is 2. The van der Waals surface area contributed by atoms with Crippen LogP contribution in [0.5, 0.6) is 5.75 Å². The normalized spacial score (nSPS) is 10.3. The van der Waals surface area contributed by atoms with Gasteiger partial charge in [0.25, 0.3) is 0 Å². The van der Waals surface area contributed by atoms with Crippen LogP contribution >= 0.6 is 0 Å². The molecule has 0 amide bonds. The van der Waals surface area contributed by atoms with Crippen LogP contribution < -0.4 is 4.74 Å². The standard InChI is InChI=1S/C14H16N2O3/c1-4-11-12(14(17)19-3)16-13(15-11)9-5-7-10(18-2)8-6-9/h5-8H,4H2,1-3H3,(H,15,16).